The van der Waals surface area contributed by atoms with E-state index in [2.05, 4.69) is 47.5 Å². The van der Waals surface area contributed by atoms with E-state index >= 15 is 0 Å². The maximum Gasteiger partial charge on any atom is 0.0223 e. The molecule has 1 aromatic carbocycles. The Morgan fingerprint density at radius 3 is 2.79 bits per heavy atom. The van der Waals surface area contributed by atoms with Gasteiger partial charge in [-0.1, -0.05) is 37.3 Å². The topological polar surface area (TPSA) is 15.3 Å². The predicted octanol–water partition coefficient (Wildman–Crippen LogP) is 2.86. The van der Waals surface area contributed by atoms with Gasteiger partial charge in [0.15, 0.2) is 0 Å². The van der Waals surface area contributed by atoms with E-state index in [0.717, 1.165) is 12.0 Å². The number of nitrogens with one attached hydrogen (secondary N) is 1. The van der Waals surface area contributed by atoms with Crippen LogP contribution in [0.15, 0.2) is 30.3 Å². The predicted molar refractivity (Wildman–Crippen MR) is 80.4 cm³/mol. The lowest BCUT2D eigenvalue weighted by Crippen LogP contribution is -2.51. The summed E-state index contributed by atoms with van der Waals surface area (Å²) in [6, 6.07) is 11.7. The molecule has 0 bridgehead atoms. The van der Waals surface area contributed by atoms with Gasteiger partial charge in [0.05, 0.1) is 0 Å². The van der Waals surface area contributed by atoms with Crippen molar-refractivity contribution in [2.45, 2.75) is 38.1 Å². The van der Waals surface area contributed by atoms with Crippen LogP contribution in [-0.4, -0.2) is 37.1 Å². The van der Waals surface area contributed by atoms with E-state index in [1.807, 2.05) is 0 Å². The van der Waals surface area contributed by atoms with E-state index < -0.39 is 0 Å². The zero-order chi connectivity index (χ0) is 13.1. The highest BCUT2D eigenvalue weighted by molar-refractivity contribution is 5.18. The molecule has 1 heterocycles. The van der Waals surface area contributed by atoms with Crippen molar-refractivity contribution in [3.05, 3.63) is 35.9 Å². The van der Waals surface area contributed by atoms with Crippen LogP contribution in [0.2, 0.25) is 0 Å². The van der Waals surface area contributed by atoms with Crippen molar-refractivity contribution in [3.8, 4) is 0 Å². The monoisotopic (exact) mass is 258 g/mol. The summed E-state index contributed by atoms with van der Waals surface area (Å²) in [6.45, 7) is 7.29. The van der Waals surface area contributed by atoms with Crippen LogP contribution in [-0.2, 0) is 0 Å². The average molecular weight is 258 g/mol. The summed E-state index contributed by atoms with van der Waals surface area (Å²) in [5.74, 6) is 1.66. The SMILES string of the molecule is CC(CCN1CCNC(C2CC2)C1)c1ccccc1. The largest absolute Gasteiger partial charge is 0.311 e. The quantitative estimate of drug-likeness (QED) is 0.873. The average Bonchev–Trinajstić information content (AvgIpc) is 3.31. The Balaban J connectivity index is 1.46. The molecule has 1 saturated carbocycles. The molecule has 0 spiro atoms. The number of hydrogen-bond acceptors (Lipinski definition) is 2. The summed E-state index contributed by atoms with van der Waals surface area (Å²) in [7, 11) is 0. The fourth-order valence-electron chi connectivity index (χ4n) is 3.18. The van der Waals surface area contributed by atoms with Crippen molar-refractivity contribution in [1.82, 2.24) is 10.2 Å². The Kier molecular flexibility index (Phi) is 4.19. The first-order chi connectivity index (χ1) is 9.33. The van der Waals surface area contributed by atoms with E-state index in [9.17, 15) is 0 Å². The van der Waals surface area contributed by atoms with Crippen LogP contribution in [0.1, 0.15) is 37.7 Å². The minimum atomic E-state index is 0.676. The molecule has 0 aromatic heterocycles. The highest BCUT2D eigenvalue weighted by Crippen LogP contribution is 2.33. The minimum absolute atomic E-state index is 0.676. The lowest BCUT2D eigenvalue weighted by molar-refractivity contribution is 0.184. The van der Waals surface area contributed by atoms with Gasteiger partial charge in [-0.25, -0.2) is 0 Å². The number of nitrogens with zero attached hydrogens (tertiary/aromatic N) is 1. The van der Waals surface area contributed by atoms with Crippen LogP contribution in [0.4, 0.5) is 0 Å². The van der Waals surface area contributed by atoms with Crippen molar-refractivity contribution in [1.29, 1.82) is 0 Å². The van der Waals surface area contributed by atoms with Crippen LogP contribution in [0.5, 0.6) is 0 Å². The molecule has 1 aromatic rings. The van der Waals surface area contributed by atoms with Crippen molar-refractivity contribution < 1.29 is 0 Å². The molecule has 1 aliphatic heterocycles. The number of benzene rings is 1. The number of piperazine rings is 1. The van der Waals surface area contributed by atoms with Crippen LogP contribution in [0.25, 0.3) is 0 Å². The summed E-state index contributed by atoms with van der Waals surface area (Å²) in [4.78, 5) is 2.67. The summed E-state index contributed by atoms with van der Waals surface area (Å²) >= 11 is 0. The maximum atomic E-state index is 3.69. The second-order valence-electron chi connectivity index (χ2n) is 6.30. The standard InChI is InChI=1S/C17H26N2/c1-14(15-5-3-2-4-6-15)9-11-19-12-10-18-17(13-19)16-7-8-16/h2-6,14,16-18H,7-13H2,1H3. The molecule has 1 saturated heterocycles. The van der Waals surface area contributed by atoms with Gasteiger partial charge in [-0.3, -0.25) is 0 Å². The number of rotatable bonds is 5. The second kappa shape index (κ2) is 6.06. The highest BCUT2D eigenvalue weighted by atomic mass is 15.2. The van der Waals surface area contributed by atoms with Crippen molar-refractivity contribution >= 4 is 0 Å². The molecule has 3 rings (SSSR count). The summed E-state index contributed by atoms with van der Waals surface area (Å²) in [5, 5.41) is 3.69. The first kappa shape index (κ1) is 13.1. The molecule has 104 valence electrons. The van der Waals surface area contributed by atoms with Crippen molar-refractivity contribution in [2.24, 2.45) is 5.92 Å². The molecule has 2 nitrogen and oxygen atoms in total. The van der Waals surface area contributed by atoms with E-state index in [1.165, 1.54) is 51.0 Å². The zero-order valence-electron chi connectivity index (χ0n) is 12.0. The first-order valence-electron chi connectivity index (χ1n) is 7.83. The summed E-state index contributed by atoms with van der Waals surface area (Å²) < 4.78 is 0. The molecule has 2 unspecified atom stereocenters. The van der Waals surface area contributed by atoms with Gasteiger partial charge in [-0.2, -0.15) is 0 Å². The van der Waals surface area contributed by atoms with Gasteiger partial charge < -0.3 is 10.2 Å². The Morgan fingerprint density at radius 1 is 1.26 bits per heavy atom. The summed E-state index contributed by atoms with van der Waals surface area (Å²) in [5.41, 5.74) is 1.48. The third-order valence-corrected chi connectivity index (χ3v) is 4.73. The lowest BCUT2D eigenvalue weighted by atomic mass is 9.97. The van der Waals surface area contributed by atoms with E-state index in [1.54, 1.807) is 0 Å². The van der Waals surface area contributed by atoms with Crippen LogP contribution < -0.4 is 5.32 Å². The fourth-order valence-corrected chi connectivity index (χ4v) is 3.18. The second-order valence-corrected chi connectivity index (χ2v) is 6.30. The molecular formula is C17H26N2. The van der Waals surface area contributed by atoms with Crippen molar-refractivity contribution in [3.63, 3.8) is 0 Å². The Labute approximate surface area is 117 Å². The molecule has 2 heteroatoms. The third-order valence-electron chi connectivity index (χ3n) is 4.73. The van der Waals surface area contributed by atoms with Gasteiger partial charge in [0.25, 0.3) is 0 Å². The molecule has 2 aliphatic rings. The molecule has 19 heavy (non-hydrogen) atoms. The first-order valence-corrected chi connectivity index (χ1v) is 7.83. The summed E-state index contributed by atoms with van der Waals surface area (Å²) in [6.07, 6.45) is 4.18. The van der Waals surface area contributed by atoms with Crippen LogP contribution in [0, 0.1) is 5.92 Å². The minimum Gasteiger partial charge on any atom is -0.311 e. The fraction of sp³-hybridized carbons (Fsp3) is 0.647. The van der Waals surface area contributed by atoms with Crippen LogP contribution >= 0.6 is 0 Å². The normalized spacial score (nSPS) is 26.3. The van der Waals surface area contributed by atoms with Gasteiger partial charge >= 0.3 is 0 Å². The highest BCUT2D eigenvalue weighted by Gasteiger charge is 2.33. The lowest BCUT2D eigenvalue weighted by Gasteiger charge is -2.34. The Hall–Kier alpha value is -0.860. The molecule has 0 amide bonds. The maximum absolute atomic E-state index is 3.69. The molecule has 1 N–H and O–H groups in total. The van der Waals surface area contributed by atoms with E-state index in [0.29, 0.717) is 5.92 Å². The number of hydrogen-bond donors (Lipinski definition) is 1. The third kappa shape index (κ3) is 3.58. The smallest absolute Gasteiger partial charge is 0.0223 e. The Bertz CT molecular complexity index is 386. The molecule has 2 fully saturated rings. The van der Waals surface area contributed by atoms with Gasteiger partial charge in [0.1, 0.15) is 0 Å². The van der Waals surface area contributed by atoms with Gasteiger partial charge in [-0.05, 0) is 43.2 Å². The molecule has 1 aliphatic carbocycles. The van der Waals surface area contributed by atoms with Crippen molar-refractivity contribution in [2.75, 3.05) is 26.2 Å². The van der Waals surface area contributed by atoms with Gasteiger partial charge in [0.2, 0.25) is 0 Å². The van der Waals surface area contributed by atoms with Gasteiger partial charge in [0, 0.05) is 25.7 Å². The molecule has 0 radical (unpaired) electrons. The molecule has 2 atom stereocenters. The van der Waals surface area contributed by atoms with E-state index in [-0.39, 0.29) is 0 Å². The Morgan fingerprint density at radius 2 is 2.05 bits per heavy atom. The van der Waals surface area contributed by atoms with Gasteiger partial charge in [-0.15, -0.1) is 0 Å². The molecular weight excluding hydrogens is 232 g/mol. The zero-order valence-corrected chi connectivity index (χ0v) is 12.0. The van der Waals surface area contributed by atoms with E-state index in [4.69, 9.17) is 0 Å². The van der Waals surface area contributed by atoms with Crippen LogP contribution in [0.3, 0.4) is 0 Å².